The van der Waals surface area contributed by atoms with Gasteiger partial charge in [0.1, 0.15) is 0 Å². The molecule has 0 nitrogen and oxygen atoms in total. The molecule has 3 heteroatoms. The number of allylic oxidation sites excluding steroid dienone is 4. The van der Waals surface area contributed by atoms with Gasteiger partial charge in [-0.15, -0.1) is 31.2 Å². The quantitative estimate of drug-likeness (QED) is 0.573. The van der Waals surface area contributed by atoms with Gasteiger partial charge in [0, 0.05) is 26.2 Å². The minimum atomic E-state index is 0. The van der Waals surface area contributed by atoms with Gasteiger partial charge in [-0.1, -0.05) is 6.42 Å². The van der Waals surface area contributed by atoms with Gasteiger partial charge in [0.25, 0.3) is 0 Å². The van der Waals surface area contributed by atoms with Gasteiger partial charge >= 0.3 is 0 Å². The Morgan fingerprint density at radius 2 is 1.89 bits per heavy atom. The normalized spacial score (nSPS) is 12.4. The molecular weight excluding hydrogens is 234 g/mol. The van der Waals surface area contributed by atoms with Crippen molar-refractivity contribution in [3.63, 3.8) is 0 Å². The Bertz CT molecular complexity index is 77.1. The van der Waals surface area contributed by atoms with E-state index in [0.717, 1.165) is 6.42 Å². The van der Waals surface area contributed by atoms with Gasteiger partial charge in [0.2, 0.25) is 0 Å². The summed E-state index contributed by atoms with van der Waals surface area (Å²) in [6.07, 6.45) is 11.5. The second kappa shape index (κ2) is 11.7. The van der Waals surface area contributed by atoms with Gasteiger partial charge in [-0.2, -0.15) is 6.08 Å². The van der Waals surface area contributed by atoms with Crippen LogP contribution < -0.4 is 0 Å². The molecule has 0 heterocycles. The van der Waals surface area contributed by atoms with Crippen LogP contribution in [0.3, 0.4) is 0 Å². The number of hydrogen-bond acceptors (Lipinski definition) is 0. The van der Waals surface area contributed by atoms with E-state index in [0.29, 0.717) is 0 Å². The first-order valence-corrected chi connectivity index (χ1v) is 2.22. The summed E-state index contributed by atoms with van der Waals surface area (Å²) in [5.41, 5.74) is 0. The van der Waals surface area contributed by atoms with Gasteiger partial charge in [-0.25, -0.2) is 12.2 Å². The second-order valence-electron chi connectivity index (χ2n) is 1.34. The van der Waals surface area contributed by atoms with Crippen molar-refractivity contribution in [1.82, 2.24) is 0 Å². The smallest absolute Gasteiger partial charge is 0 e. The Morgan fingerprint density at radius 1 is 1.22 bits per heavy atom. The summed E-state index contributed by atoms with van der Waals surface area (Å²) in [6, 6.07) is 0. The molecule has 0 fully saturated rings. The Hall–Kier alpha value is 0.943. The van der Waals surface area contributed by atoms with Crippen molar-refractivity contribution in [2.75, 3.05) is 0 Å². The maximum absolute atomic E-state index is 3.07. The summed E-state index contributed by atoms with van der Waals surface area (Å²) < 4.78 is 0. The third-order valence-electron chi connectivity index (χ3n) is 0.806. The zero-order chi connectivity index (χ0) is 4.24. The molecule has 0 aromatic heterocycles. The van der Waals surface area contributed by atoms with Crippen LogP contribution in [0.25, 0.3) is 0 Å². The van der Waals surface area contributed by atoms with E-state index in [-0.39, 0.29) is 51.0 Å². The van der Waals surface area contributed by atoms with Crippen LogP contribution in [0.15, 0.2) is 18.2 Å². The topological polar surface area (TPSA) is 0 Å². The molecule has 0 amide bonds. The van der Waals surface area contributed by atoms with Gasteiger partial charge in [0.05, 0.1) is 0 Å². The molecule has 0 radical (unpaired) electrons. The first kappa shape index (κ1) is 16.5. The van der Waals surface area contributed by atoms with Crippen LogP contribution in [-0.2, 0) is 26.2 Å². The van der Waals surface area contributed by atoms with Gasteiger partial charge in [-0.05, 0) is 0 Å². The van der Waals surface area contributed by atoms with Crippen molar-refractivity contribution >= 4 is 24.8 Å². The van der Waals surface area contributed by atoms with E-state index in [4.69, 9.17) is 0 Å². The number of rotatable bonds is 0. The first-order valence-electron chi connectivity index (χ1n) is 2.22. The predicted octanol–water partition coefficient (Wildman–Crippen LogP) is 2.54. The molecule has 1 aliphatic rings. The Labute approximate surface area is 87.7 Å². The molecule has 0 aliphatic heterocycles. The van der Waals surface area contributed by atoms with Gasteiger partial charge in [0.15, 0.2) is 0 Å². The van der Waals surface area contributed by atoms with Crippen molar-refractivity contribution in [2.45, 2.75) is 12.8 Å². The summed E-state index contributed by atoms with van der Waals surface area (Å²) in [6.45, 7) is 0. The molecule has 0 unspecified atom stereocenters. The van der Waals surface area contributed by atoms with Crippen molar-refractivity contribution in [1.29, 1.82) is 0 Å². The molecule has 9 heavy (non-hydrogen) atoms. The molecule has 1 rings (SSSR count). The average molecular weight is 243 g/mol. The maximum atomic E-state index is 3.07. The molecule has 0 bridgehead atoms. The van der Waals surface area contributed by atoms with Crippen LogP contribution in [0.4, 0.5) is 0 Å². The molecule has 0 saturated heterocycles. The molecule has 0 aromatic carbocycles. The van der Waals surface area contributed by atoms with E-state index in [1.807, 2.05) is 12.2 Å². The average Bonchev–Trinajstić information content (AvgIpc) is 1.72. The van der Waals surface area contributed by atoms with Crippen molar-refractivity contribution < 1.29 is 26.2 Å². The molecule has 52 valence electrons. The molecular formula is C6H9Cl2Zr-. The van der Waals surface area contributed by atoms with Gasteiger partial charge < -0.3 is 0 Å². The molecule has 0 atom stereocenters. The van der Waals surface area contributed by atoms with E-state index >= 15 is 0 Å². The fraction of sp³-hybridized carbons (Fsp3) is 0.333. The Balaban J connectivity index is -0.000000120. The van der Waals surface area contributed by atoms with Crippen LogP contribution in [0.2, 0.25) is 0 Å². The van der Waals surface area contributed by atoms with E-state index in [1.165, 1.54) is 6.42 Å². The summed E-state index contributed by atoms with van der Waals surface area (Å²) in [4.78, 5) is 0. The van der Waals surface area contributed by atoms with E-state index in [9.17, 15) is 0 Å². The third-order valence-corrected chi connectivity index (χ3v) is 0.806. The van der Waals surface area contributed by atoms with Gasteiger partial charge in [-0.3, -0.25) is 6.08 Å². The zero-order valence-corrected chi connectivity index (χ0v) is 9.05. The fourth-order valence-corrected chi connectivity index (χ4v) is 0.482. The van der Waals surface area contributed by atoms with Crippen LogP contribution in [0, 0.1) is 6.08 Å². The Morgan fingerprint density at radius 3 is 2.00 bits per heavy atom. The van der Waals surface area contributed by atoms with Crippen molar-refractivity contribution in [3.05, 3.63) is 24.3 Å². The molecule has 1 aliphatic carbocycles. The van der Waals surface area contributed by atoms with Crippen molar-refractivity contribution in [2.24, 2.45) is 0 Å². The summed E-state index contributed by atoms with van der Waals surface area (Å²) >= 11 is 0. The summed E-state index contributed by atoms with van der Waals surface area (Å²) in [5.74, 6) is 0. The molecule has 0 spiro atoms. The molecule has 0 aromatic rings. The minimum Gasteiger partial charge on any atom is -0.275 e. The standard InChI is InChI=1S/C6H7.2ClH.Zr/c1-2-4-6-5-3-1;;;/h1-3H,4,6H2;2*1H;/q-1;;;. The first-order chi connectivity index (χ1) is 3.00. The van der Waals surface area contributed by atoms with Crippen LogP contribution in [0.1, 0.15) is 12.8 Å². The monoisotopic (exact) mass is 241 g/mol. The van der Waals surface area contributed by atoms with E-state index in [1.54, 1.807) is 0 Å². The van der Waals surface area contributed by atoms with E-state index < -0.39 is 0 Å². The van der Waals surface area contributed by atoms with Crippen LogP contribution in [0.5, 0.6) is 0 Å². The fourth-order valence-electron chi connectivity index (χ4n) is 0.482. The summed E-state index contributed by atoms with van der Waals surface area (Å²) in [5, 5.41) is 0. The predicted molar refractivity (Wildman–Crippen MR) is 40.7 cm³/mol. The molecule has 0 N–H and O–H groups in total. The van der Waals surface area contributed by atoms with Crippen LogP contribution in [-0.4, -0.2) is 0 Å². The third kappa shape index (κ3) is 8.94. The maximum Gasteiger partial charge on any atom is 0 e. The van der Waals surface area contributed by atoms with Crippen molar-refractivity contribution in [3.8, 4) is 0 Å². The Kier molecular flexibility index (Phi) is 21.5. The number of halogens is 2. The second-order valence-corrected chi connectivity index (χ2v) is 1.34. The van der Waals surface area contributed by atoms with Crippen LogP contribution >= 0.6 is 24.8 Å². The molecule has 0 saturated carbocycles. The van der Waals surface area contributed by atoms with E-state index in [2.05, 4.69) is 12.2 Å². The largest absolute Gasteiger partial charge is 0.275 e. The number of hydrogen-bond donors (Lipinski definition) is 0. The minimum absolute atomic E-state index is 0. The SMILES string of the molecule is Cl.Cl.[C-]1=CC=CCC1.[Zr]. The summed E-state index contributed by atoms with van der Waals surface area (Å²) in [7, 11) is 0. The zero-order valence-electron chi connectivity index (χ0n) is 4.96.